The van der Waals surface area contributed by atoms with E-state index in [-0.39, 0.29) is 16.7 Å². The van der Waals surface area contributed by atoms with E-state index in [1.54, 1.807) is 24.3 Å². The number of nitrogens with one attached hydrogen (secondary N) is 1. The summed E-state index contributed by atoms with van der Waals surface area (Å²) in [5, 5.41) is 5.19. The van der Waals surface area contributed by atoms with Gasteiger partial charge in [-0.05, 0) is 18.1 Å². The molecular weight excluding hydrogens is 370 g/mol. The second-order valence-corrected chi connectivity index (χ2v) is 9.09. The zero-order valence-electron chi connectivity index (χ0n) is 15.5. The largest absolute Gasteiger partial charge is 0.302 e. The molecule has 0 bridgehead atoms. The van der Waals surface area contributed by atoms with E-state index < -0.39 is 10.0 Å². The monoisotopic (exact) mass is 395 g/mol. The van der Waals surface area contributed by atoms with Gasteiger partial charge in [0.25, 0.3) is 0 Å². The van der Waals surface area contributed by atoms with Crippen LogP contribution in [0.2, 0.25) is 0 Å². The molecule has 0 saturated heterocycles. The van der Waals surface area contributed by atoms with E-state index in [2.05, 4.69) is 10.3 Å². The highest BCUT2D eigenvalue weighted by Gasteiger charge is 2.21. The summed E-state index contributed by atoms with van der Waals surface area (Å²) in [6, 6.07) is 6.68. The first-order valence-electron chi connectivity index (χ1n) is 8.63. The van der Waals surface area contributed by atoms with Gasteiger partial charge in [-0.1, -0.05) is 39.8 Å². The number of rotatable bonds is 8. The SMILES string of the molecule is CCN(CC)S(=O)(=O)c1ccc(-c2csc(NC(=O)CC(C)C)n2)cc1. The lowest BCUT2D eigenvalue weighted by Gasteiger charge is -2.18. The lowest BCUT2D eigenvalue weighted by molar-refractivity contribution is -0.116. The first-order valence-corrected chi connectivity index (χ1v) is 11.0. The van der Waals surface area contributed by atoms with Crippen LogP contribution in [0.15, 0.2) is 34.5 Å². The molecule has 1 aromatic heterocycles. The molecule has 2 rings (SSSR count). The van der Waals surface area contributed by atoms with Gasteiger partial charge in [0.2, 0.25) is 15.9 Å². The van der Waals surface area contributed by atoms with Crippen molar-refractivity contribution in [3.05, 3.63) is 29.6 Å². The highest BCUT2D eigenvalue weighted by atomic mass is 32.2. The second-order valence-electron chi connectivity index (χ2n) is 6.30. The van der Waals surface area contributed by atoms with Gasteiger partial charge in [-0.3, -0.25) is 4.79 Å². The quantitative estimate of drug-likeness (QED) is 0.737. The van der Waals surface area contributed by atoms with Crippen molar-refractivity contribution in [3.8, 4) is 11.3 Å². The molecular formula is C18H25N3O3S2. The molecule has 142 valence electrons. The number of thiazole rings is 1. The molecule has 1 N–H and O–H groups in total. The Bertz CT molecular complexity index is 839. The highest BCUT2D eigenvalue weighted by Crippen LogP contribution is 2.27. The standard InChI is InChI=1S/C18H25N3O3S2/c1-5-21(6-2)26(23,24)15-9-7-14(8-10-15)16-12-25-18(19-16)20-17(22)11-13(3)4/h7-10,12-13H,5-6,11H2,1-4H3,(H,19,20,22). The Morgan fingerprint density at radius 3 is 2.35 bits per heavy atom. The third-order valence-electron chi connectivity index (χ3n) is 3.84. The van der Waals surface area contributed by atoms with Gasteiger partial charge < -0.3 is 5.32 Å². The fraction of sp³-hybridized carbons (Fsp3) is 0.444. The molecule has 8 heteroatoms. The Morgan fingerprint density at radius 1 is 1.19 bits per heavy atom. The molecule has 0 radical (unpaired) electrons. The Balaban J connectivity index is 2.15. The van der Waals surface area contributed by atoms with Gasteiger partial charge in [0.05, 0.1) is 10.6 Å². The van der Waals surface area contributed by atoms with Gasteiger partial charge in [-0.2, -0.15) is 4.31 Å². The topological polar surface area (TPSA) is 79.4 Å². The van der Waals surface area contributed by atoms with Crippen LogP contribution in [-0.2, 0) is 14.8 Å². The lowest BCUT2D eigenvalue weighted by atomic mass is 10.1. The van der Waals surface area contributed by atoms with Crippen LogP contribution < -0.4 is 5.32 Å². The molecule has 26 heavy (non-hydrogen) atoms. The van der Waals surface area contributed by atoms with Gasteiger partial charge in [-0.25, -0.2) is 13.4 Å². The van der Waals surface area contributed by atoms with Crippen molar-refractivity contribution < 1.29 is 13.2 Å². The zero-order chi connectivity index (χ0) is 19.3. The Labute approximate surface area is 159 Å². The van der Waals surface area contributed by atoms with Crippen molar-refractivity contribution in [1.82, 2.24) is 9.29 Å². The number of hydrogen-bond donors (Lipinski definition) is 1. The summed E-state index contributed by atoms with van der Waals surface area (Å²) in [5.74, 6) is 0.233. The predicted molar refractivity (Wildman–Crippen MR) is 106 cm³/mol. The summed E-state index contributed by atoms with van der Waals surface area (Å²) in [4.78, 5) is 16.5. The van der Waals surface area contributed by atoms with Crippen LogP contribution in [0.3, 0.4) is 0 Å². The number of nitrogens with zero attached hydrogens (tertiary/aromatic N) is 2. The van der Waals surface area contributed by atoms with Crippen molar-refractivity contribution in [2.24, 2.45) is 5.92 Å². The van der Waals surface area contributed by atoms with Crippen LogP contribution in [0.5, 0.6) is 0 Å². The van der Waals surface area contributed by atoms with Gasteiger partial charge in [0, 0.05) is 30.5 Å². The average Bonchev–Trinajstić information content (AvgIpc) is 3.03. The molecule has 0 aliphatic heterocycles. The summed E-state index contributed by atoms with van der Waals surface area (Å²) >= 11 is 1.35. The highest BCUT2D eigenvalue weighted by molar-refractivity contribution is 7.89. The molecule has 1 aromatic carbocycles. The number of benzene rings is 1. The molecule has 2 aromatic rings. The van der Waals surface area contributed by atoms with Crippen molar-refractivity contribution in [2.75, 3.05) is 18.4 Å². The molecule has 1 amide bonds. The maximum absolute atomic E-state index is 12.5. The molecule has 0 atom stereocenters. The van der Waals surface area contributed by atoms with E-state index in [1.807, 2.05) is 33.1 Å². The maximum atomic E-state index is 12.5. The van der Waals surface area contributed by atoms with E-state index in [1.165, 1.54) is 15.6 Å². The number of carbonyl (C=O) groups excluding carboxylic acids is 1. The minimum absolute atomic E-state index is 0.0541. The molecule has 0 aliphatic rings. The minimum Gasteiger partial charge on any atom is -0.302 e. The lowest BCUT2D eigenvalue weighted by Crippen LogP contribution is -2.30. The van der Waals surface area contributed by atoms with E-state index in [4.69, 9.17) is 0 Å². The van der Waals surface area contributed by atoms with Gasteiger partial charge in [0.15, 0.2) is 5.13 Å². The third kappa shape index (κ3) is 4.90. The van der Waals surface area contributed by atoms with Crippen LogP contribution >= 0.6 is 11.3 Å². The fourth-order valence-corrected chi connectivity index (χ4v) is 4.71. The Kier molecular flexibility index (Phi) is 6.91. The smallest absolute Gasteiger partial charge is 0.243 e. The van der Waals surface area contributed by atoms with Crippen LogP contribution in [0.1, 0.15) is 34.1 Å². The number of hydrogen-bond acceptors (Lipinski definition) is 5. The van der Waals surface area contributed by atoms with Crippen molar-refractivity contribution >= 4 is 32.4 Å². The number of anilines is 1. The predicted octanol–water partition coefficient (Wildman–Crippen LogP) is 3.83. The summed E-state index contributed by atoms with van der Waals surface area (Å²) in [5.41, 5.74) is 1.52. The minimum atomic E-state index is -3.46. The van der Waals surface area contributed by atoms with Gasteiger partial charge in [0.1, 0.15) is 0 Å². The van der Waals surface area contributed by atoms with Gasteiger partial charge in [-0.15, -0.1) is 11.3 Å². The molecule has 6 nitrogen and oxygen atoms in total. The van der Waals surface area contributed by atoms with Crippen molar-refractivity contribution in [3.63, 3.8) is 0 Å². The zero-order valence-corrected chi connectivity index (χ0v) is 17.2. The Morgan fingerprint density at radius 2 is 1.81 bits per heavy atom. The summed E-state index contributed by atoms with van der Waals surface area (Å²) in [6.07, 6.45) is 0.451. The third-order valence-corrected chi connectivity index (χ3v) is 6.66. The number of aromatic nitrogens is 1. The molecule has 0 spiro atoms. The van der Waals surface area contributed by atoms with E-state index >= 15 is 0 Å². The van der Waals surface area contributed by atoms with Gasteiger partial charge >= 0.3 is 0 Å². The number of sulfonamides is 1. The molecule has 0 saturated carbocycles. The first-order chi connectivity index (χ1) is 12.3. The molecule has 0 unspecified atom stereocenters. The van der Waals surface area contributed by atoms with Crippen LogP contribution in [-0.4, -0.2) is 36.7 Å². The number of amides is 1. The summed E-state index contributed by atoms with van der Waals surface area (Å²) in [7, 11) is -3.46. The summed E-state index contributed by atoms with van der Waals surface area (Å²) in [6.45, 7) is 8.49. The van der Waals surface area contributed by atoms with Crippen LogP contribution in [0.25, 0.3) is 11.3 Å². The van der Waals surface area contributed by atoms with Crippen molar-refractivity contribution in [2.45, 2.75) is 39.0 Å². The summed E-state index contributed by atoms with van der Waals surface area (Å²) < 4.78 is 26.5. The molecule has 1 heterocycles. The van der Waals surface area contributed by atoms with E-state index in [0.29, 0.717) is 30.3 Å². The van der Waals surface area contributed by atoms with E-state index in [9.17, 15) is 13.2 Å². The second kappa shape index (κ2) is 8.75. The van der Waals surface area contributed by atoms with Crippen LogP contribution in [0.4, 0.5) is 5.13 Å². The van der Waals surface area contributed by atoms with E-state index in [0.717, 1.165) is 5.56 Å². The maximum Gasteiger partial charge on any atom is 0.243 e. The average molecular weight is 396 g/mol. The molecule has 0 aliphatic carbocycles. The first kappa shape index (κ1) is 20.5. The van der Waals surface area contributed by atoms with Crippen molar-refractivity contribution in [1.29, 1.82) is 0 Å². The fourth-order valence-electron chi connectivity index (χ4n) is 2.52. The normalized spacial score (nSPS) is 11.9. The molecule has 0 fully saturated rings. The number of carbonyl (C=O) groups is 1. The van der Waals surface area contributed by atoms with Crippen LogP contribution in [0, 0.1) is 5.92 Å². The Hall–Kier alpha value is -1.77.